The van der Waals surface area contributed by atoms with Gasteiger partial charge in [0.25, 0.3) is 5.91 Å². The van der Waals surface area contributed by atoms with Crippen molar-refractivity contribution in [2.24, 2.45) is 0 Å². The summed E-state index contributed by atoms with van der Waals surface area (Å²) in [4.78, 5) is 22.1. The average Bonchev–Trinajstić information content (AvgIpc) is 3.09. The summed E-state index contributed by atoms with van der Waals surface area (Å²) in [5, 5.41) is 3.56. The van der Waals surface area contributed by atoms with E-state index in [4.69, 9.17) is 14.0 Å². The molecule has 1 saturated heterocycles. The fourth-order valence-corrected chi connectivity index (χ4v) is 2.36. The molecule has 8 heteroatoms. The molecular weight excluding hydrogens is 288 g/mol. The number of ether oxygens (including phenoxy) is 2. The fraction of sp³-hybridized carbons (Fsp3) is 0.429. The number of rotatable bonds is 4. The molecule has 0 N–H and O–H groups in total. The van der Waals surface area contributed by atoms with Crippen LogP contribution in [0.3, 0.4) is 0 Å². The van der Waals surface area contributed by atoms with Gasteiger partial charge in [-0.15, -0.1) is 0 Å². The standard InChI is InChI=1S/C14H16N4O4/c1-20-12-7-15-8-13(17-12)21-10-3-2-6-18(9-10)14(19)11-4-5-16-22-11/h4-5,7-8,10H,2-3,6,9H2,1H3/t10-/m1/s1. The van der Waals surface area contributed by atoms with Gasteiger partial charge in [-0.3, -0.25) is 9.78 Å². The number of carbonyl (C=O) groups is 1. The molecule has 0 bridgehead atoms. The minimum absolute atomic E-state index is 0.137. The molecule has 1 aliphatic rings. The summed E-state index contributed by atoms with van der Waals surface area (Å²) in [7, 11) is 1.52. The Morgan fingerprint density at radius 1 is 1.41 bits per heavy atom. The number of methoxy groups -OCH3 is 1. The van der Waals surface area contributed by atoms with Crippen LogP contribution in [0.1, 0.15) is 23.4 Å². The van der Waals surface area contributed by atoms with Crippen molar-refractivity contribution in [3.63, 3.8) is 0 Å². The van der Waals surface area contributed by atoms with Crippen LogP contribution in [0.4, 0.5) is 0 Å². The van der Waals surface area contributed by atoms with Gasteiger partial charge in [-0.25, -0.2) is 0 Å². The van der Waals surface area contributed by atoms with Crippen LogP contribution in [-0.2, 0) is 0 Å². The van der Waals surface area contributed by atoms with Gasteiger partial charge in [0.05, 0.1) is 32.2 Å². The number of likely N-dealkylation sites (tertiary alicyclic amines) is 1. The number of amides is 1. The maximum absolute atomic E-state index is 12.2. The third-order valence-electron chi connectivity index (χ3n) is 3.40. The largest absolute Gasteiger partial charge is 0.480 e. The molecule has 0 radical (unpaired) electrons. The lowest BCUT2D eigenvalue weighted by molar-refractivity contribution is 0.0490. The fourth-order valence-electron chi connectivity index (χ4n) is 2.36. The predicted octanol–water partition coefficient (Wildman–Crippen LogP) is 1.16. The number of piperidine rings is 1. The van der Waals surface area contributed by atoms with Gasteiger partial charge < -0.3 is 18.9 Å². The topological polar surface area (TPSA) is 90.6 Å². The van der Waals surface area contributed by atoms with E-state index >= 15 is 0 Å². The second-order valence-electron chi connectivity index (χ2n) is 4.91. The van der Waals surface area contributed by atoms with Gasteiger partial charge in [-0.1, -0.05) is 5.16 Å². The molecule has 2 aromatic rings. The van der Waals surface area contributed by atoms with Crippen LogP contribution in [-0.4, -0.2) is 52.2 Å². The van der Waals surface area contributed by atoms with E-state index in [1.54, 1.807) is 11.0 Å². The first-order valence-electron chi connectivity index (χ1n) is 6.99. The van der Waals surface area contributed by atoms with Crippen LogP contribution in [0.5, 0.6) is 11.8 Å². The second kappa shape index (κ2) is 6.42. The zero-order valence-electron chi connectivity index (χ0n) is 12.1. The van der Waals surface area contributed by atoms with E-state index < -0.39 is 0 Å². The molecule has 2 aromatic heterocycles. The van der Waals surface area contributed by atoms with Crippen LogP contribution in [0.15, 0.2) is 29.2 Å². The predicted molar refractivity (Wildman–Crippen MR) is 74.6 cm³/mol. The minimum Gasteiger partial charge on any atom is -0.480 e. The van der Waals surface area contributed by atoms with E-state index in [1.807, 2.05) is 0 Å². The molecule has 3 heterocycles. The van der Waals surface area contributed by atoms with Crippen molar-refractivity contribution in [3.05, 3.63) is 30.4 Å². The van der Waals surface area contributed by atoms with Crippen LogP contribution < -0.4 is 9.47 Å². The van der Waals surface area contributed by atoms with Crippen molar-refractivity contribution in [3.8, 4) is 11.8 Å². The first-order chi connectivity index (χ1) is 10.8. The first kappa shape index (κ1) is 14.3. The zero-order chi connectivity index (χ0) is 15.4. The van der Waals surface area contributed by atoms with Gasteiger partial charge in [0.1, 0.15) is 6.10 Å². The van der Waals surface area contributed by atoms with E-state index in [2.05, 4.69) is 15.1 Å². The molecule has 22 heavy (non-hydrogen) atoms. The monoisotopic (exact) mass is 304 g/mol. The Balaban J connectivity index is 1.64. The average molecular weight is 304 g/mol. The van der Waals surface area contributed by atoms with Crippen molar-refractivity contribution in [1.29, 1.82) is 0 Å². The van der Waals surface area contributed by atoms with E-state index in [-0.39, 0.29) is 17.8 Å². The Morgan fingerprint density at radius 2 is 2.27 bits per heavy atom. The molecule has 1 aliphatic heterocycles. The van der Waals surface area contributed by atoms with E-state index in [1.165, 1.54) is 25.7 Å². The van der Waals surface area contributed by atoms with Gasteiger partial charge in [0.15, 0.2) is 0 Å². The Labute approximate surface area is 127 Å². The molecule has 1 amide bonds. The van der Waals surface area contributed by atoms with Gasteiger partial charge in [0, 0.05) is 12.6 Å². The molecule has 0 aliphatic carbocycles. The number of aromatic nitrogens is 3. The lowest BCUT2D eigenvalue weighted by Gasteiger charge is -2.31. The quantitative estimate of drug-likeness (QED) is 0.837. The van der Waals surface area contributed by atoms with Crippen molar-refractivity contribution in [1.82, 2.24) is 20.0 Å². The van der Waals surface area contributed by atoms with Gasteiger partial charge in [0.2, 0.25) is 17.5 Å². The van der Waals surface area contributed by atoms with Gasteiger partial charge in [-0.05, 0) is 12.8 Å². The number of hydrogen-bond donors (Lipinski definition) is 0. The van der Waals surface area contributed by atoms with Crippen molar-refractivity contribution in [2.75, 3.05) is 20.2 Å². The summed E-state index contributed by atoms with van der Waals surface area (Å²) in [6, 6.07) is 1.56. The summed E-state index contributed by atoms with van der Waals surface area (Å²) in [5.41, 5.74) is 0. The summed E-state index contributed by atoms with van der Waals surface area (Å²) in [6.07, 6.45) is 6.05. The van der Waals surface area contributed by atoms with Crippen molar-refractivity contribution in [2.45, 2.75) is 18.9 Å². The lowest BCUT2D eigenvalue weighted by Crippen LogP contribution is -2.44. The van der Waals surface area contributed by atoms with Crippen LogP contribution in [0, 0.1) is 0 Å². The molecule has 116 valence electrons. The molecule has 1 atom stereocenters. The zero-order valence-corrected chi connectivity index (χ0v) is 12.1. The van der Waals surface area contributed by atoms with E-state index in [0.29, 0.717) is 24.8 Å². The van der Waals surface area contributed by atoms with E-state index in [0.717, 1.165) is 12.8 Å². The summed E-state index contributed by atoms with van der Waals surface area (Å²) >= 11 is 0. The molecular formula is C14H16N4O4. The molecule has 0 saturated carbocycles. The van der Waals surface area contributed by atoms with E-state index in [9.17, 15) is 4.79 Å². The Hall–Kier alpha value is -2.64. The molecule has 1 fully saturated rings. The molecule has 3 rings (SSSR count). The summed E-state index contributed by atoms with van der Waals surface area (Å²) in [6.45, 7) is 1.14. The minimum atomic E-state index is -0.178. The number of nitrogens with zero attached hydrogens (tertiary/aromatic N) is 4. The lowest BCUT2D eigenvalue weighted by atomic mass is 10.1. The van der Waals surface area contributed by atoms with Crippen LogP contribution in [0.25, 0.3) is 0 Å². The second-order valence-corrected chi connectivity index (χ2v) is 4.91. The smallest absolute Gasteiger partial charge is 0.292 e. The van der Waals surface area contributed by atoms with Crippen LogP contribution in [0.2, 0.25) is 0 Å². The molecule has 8 nitrogen and oxygen atoms in total. The SMILES string of the molecule is COc1cncc(O[C@@H]2CCCN(C(=O)c3ccno3)C2)n1. The Morgan fingerprint density at radius 3 is 3.05 bits per heavy atom. The van der Waals surface area contributed by atoms with Crippen molar-refractivity contribution >= 4 is 5.91 Å². The molecule has 0 spiro atoms. The highest BCUT2D eigenvalue weighted by molar-refractivity contribution is 5.91. The highest BCUT2D eigenvalue weighted by Gasteiger charge is 2.27. The maximum Gasteiger partial charge on any atom is 0.292 e. The summed E-state index contributed by atoms with van der Waals surface area (Å²) < 4.78 is 15.7. The first-order valence-corrected chi connectivity index (χ1v) is 6.99. The molecule has 0 unspecified atom stereocenters. The van der Waals surface area contributed by atoms with Crippen molar-refractivity contribution < 1.29 is 18.8 Å². The Bertz CT molecular complexity index is 632. The van der Waals surface area contributed by atoms with Gasteiger partial charge in [-0.2, -0.15) is 4.98 Å². The van der Waals surface area contributed by atoms with Crippen LogP contribution >= 0.6 is 0 Å². The number of hydrogen-bond acceptors (Lipinski definition) is 7. The Kier molecular flexibility index (Phi) is 4.17. The maximum atomic E-state index is 12.2. The van der Waals surface area contributed by atoms with Gasteiger partial charge >= 0.3 is 0 Å². The summed E-state index contributed by atoms with van der Waals surface area (Å²) in [5.74, 6) is 0.838. The highest BCUT2D eigenvalue weighted by Crippen LogP contribution is 2.19. The molecule has 0 aromatic carbocycles. The third kappa shape index (κ3) is 3.16. The highest BCUT2D eigenvalue weighted by atomic mass is 16.5. The third-order valence-corrected chi connectivity index (χ3v) is 3.40. The number of carbonyl (C=O) groups excluding carboxylic acids is 1. The normalized spacial score (nSPS) is 18.0.